The number of aromatic nitrogens is 3. The molecule has 20 heavy (non-hydrogen) atoms. The van der Waals surface area contributed by atoms with Crippen LogP contribution in [0.2, 0.25) is 0 Å². The Labute approximate surface area is 123 Å². The van der Waals surface area contributed by atoms with Crippen LogP contribution >= 0.6 is 11.3 Å². The molecule has 0 aliphatic rings. The van der Waals surface area contributed by atoms with E-state index in [4.69, 9.17) is 5.73 Å². The Kier molecular flexibility index (Phi) is 3.85. The van der Waals surface area contributed by atoms with Crippen molar-refractivity contribution in [2.45, 2.75) is 32.7 Å². The van der Waals surface area contributed by atoms with E-state index in [0.717, 1.165) is 21.4 Å². The van der Waals surface area contributed by atoms with E-state index < -0.39 is 0 Å². The zero-order chi connectivity index (χ0) is 14.9. The number of hydrogen-bond donors (Lipinski definition) is 2. The zero-order valence-corrected chi connectivity index (χ0v) is 13.2. The van der Waals surface area contributed by atoms with Crippen LogP contribution in [0.5, 0.6) is 0 Å². The Bertz CT molecular complexity index is 618. The number of aryl methyl sites for hydroxylation is 1. The SMILES string of the molecule is C=C(N)c1nc(C(C)(C)C)sc1CNc1ccn(C)n1. The Morgan fingerprint density at radius 3 is 2.70 bits per heavy atom. The predicted molar refractivity (Wildman–Crippen MR) is 84.6 cm³/mol. The summed E-state index contributed by atoms with van der Waals surface area (Å²) >= 11 is 1.67. The lowest BCUT2D eigenvalue weighted by atomic mass is 9.98. The summed E-state index contributed by atoms with van der Waals surface area (Å²) in [6.07, 6.45) is 1.90. The fourth-order valence-corrected chi connectivity index (χ4v) is 2.82. The second-order valence-electron chi connectivity index (χ2n) is 5.79. The minimum Gasteiger partial charge on any atom is -0.397 e. The van der Waals surface area contributed by atoms with Crippen LogP contribution in [0.4, 0.5) is 5.82 Å². The van der Waals surface area contributed by atoms with Crippen molar-refractivity contribution < 1.29 is 0 Å². The summed E-state index contributed by atoms with van der Waals surface area (Å²) in [5.74, 6) is 0.840. The molecule has 0 aromatic carbocycles. The van der Waals surface area contributed by atoms with Gasteiger partial charge in [-0.1, -0.05) is 27.4 Å². The minimum atomic E-state index is 0.0120. The van der Waals surface area contributed by atoms with Gasteiger partial charge in [0.05, 0.1) is 22.1 Å². The van der Waals surface area contributed by atoms with Crippen LogP contribution in [-0.2, 0) is 19.0 Å². The smallest absolute Gasteiger partial charge is 0.148 e. The van der Waals surface area contributed by atoms with E-state index in [9.17, 15) is 0 Å². The van der Waals surface area contributed by atoms with E-state index in [0.29, 0.717) is 12.2 Å². The molecular formula is C14H21N5S. The molecule has 0 aliphatic carbocycles. The average Bonchev–Trinajstić information content (AvgIpc) is 2.91. The zero-order valence-electron chi connectivity index (χ0n) is 12.4. The number of thiazole rings is 1. The third-order valence-corrected chi connectivity index (χ3v) is 4.27. The first kappa shape index (κ1) is 14.6. The Balaban J connectivity index is 2.21. The summed E-state index contributed by atoms with van der Waals surface area (Å²) in [6.45, 7) is 10.9. The molecule has 6 heteroatoms. The molecule has 108 valence electrons. The van der Waals surface area contributed by atoms with Crippen LogP contribution in [0, 0.1) is 0 Å². The van der Waals surface area contributed by atoms with Crippen molar-refractivity contribution in [1.29, 1.82) is 0 Å². The highest BCUT2D eigenvalue weighted by molar-refractivity contribution is 7.12. The van der Waals surface area contributed by atoms with E-state index >= 15 is 0 Å². The van der Waals surface area contributed by atoms with Gasteiger partial charge in [0.2, 0.25) is 0 Å². The molecule has 0 fully saturated rings. The van der Waals surface area contributed by atoms with Crippen molar-refractivity contribution in [3.8, 4) is 0 Å². The maximum Gasteiger partial charge on any atom is 0.148 e. The number of nitrogens with two attached hydrogens (primary N) is 1. The molecule has 0 saturated carbocycles. The van der Waals surface area contributed by atoms with Crippen molar-refractivity contribution >= 4 is 22.9 Å². The lowest BCUT2D eigenvalue weighted by Crippen LogP contribution is -2.10. The lowest BCUT2D eigenvalue weighted by molar-refractivity contribution is 0.585. The van der Waals surface area contributed by atoms with Crippen LogP contribution in [0.25, 0.3) is 5.70 Å². The highest BCUT2D eigenvalue weighted by Gasteiger charge is 2.22. The molecule has 0 bridgehead atoms. The monoisotopic (exact) mass is 291 g/mol. The van der Waals surface area contributed by atoms with E-state index in [-0.39, 0.29) is 5.41 Å². The van der Waals surface area contributed by atoms with Crippen molar-refractivity contribution in [2.75, 3.05) is 5.32 Å². The fourth-order valence-electron chi connectivity index (χ4n) is 1.72. The third kappa shape index (κ3) is 3.19. The molecule has 3 N–H and O–H groups in total. The van der Waals surface area contributed by atoms with Crippen LogP contribution in [-0.4, -0.2) is 14.8 Å². The Morgan fingerprint density at radius 2 is 2.20 bits per heavy atom. The molecule has 0 saturated heterocycles. The second kappa shape index (κ2) is 5.28. The molecule has 0 radical (unpaired) electrons. The van der Waals surface area contributed by atoms with Crippen molar-refractivity contribution in [3.63, 3.8) is 0 Å². The van der Waals surface area contributed by atoms with Gasteiger partial charge < -0.3 is 11.1 Å². The summed E-state index contributed by atoms with van der Waals surface area (Å²) in [5, 5.41) is 8.64. The number of anilines is 1. The van der Waals surface area contributed by atoms with Gasteiger partial charge in [0.1, 0.15) is 11.5 Å². The molecule has 2 aromatic rings. The van der Waals surface area contributed by atoms with Crippen molar-refractivity contribution in [3.05, 3.63) is 34.4 Å². The van der Waals surface area contributed by atoms with Crippen LogP contribution in [0.15, 0.2) is 18.8 Å². The van der Waals surface area contributed by atoms with E-state index in [1.807, 2.05) is 19.3 Å². The van der Waals surface area contributed by atoms with Gasteiger partial charge in [-0.3, -0.25) is 4.68 Å². The number of rotatable bonds is 4. The molecule has 2 heterocycles. The lowest BCUT2D eigenvalue weighted by Gasteiger charge is -2.13. The van der Waals surface area contributed by atoms with Gasteiger partial charge >= 0.3 is 0 Å². The predicted octanol–water partition coefficient (Wildman–Crippen LogP) is 2.72. The molecule has 0 spiro atoms. The number of nitrogens with zero attached hydrogens (tertiary/aromatic N) is 3. The Morgan fingerprint density at radius 1 is 1.50 bits per heavy atom. The molecular weight excluding hydrogens is 270 g/mol. The van der Waals surface area contributed by atoms with E-state index in [2.05, 4.69) is 42.7 Å². The molecule has 0 aliphatic heterocycles. The maximum absolute atomic E-state index is 5.85. The summed E-state index contributed by atoms with van der Waals surface area (Å²) in [6, 6.07) is 1.93. The molecule has 0 amide bonds. The molecule has 2 rings (SSSR count). The van der Waals surface area contributed by atoms with Gasteiger partial charge in [-0.05, 0) is 0 Å². The average molecular weight is 291 g/mol. The summed E-state index contributed by atoms with van der Waals surface area (Å²) in [4.78, 5) is 5.72. The molecule has 0 unspecified atom stereocenters. The first-order chi connectivity index (χ1) is 9.27. The topological polar surface area (TPSA) is 68.8 Å². The maximum atomic E-state index is 5.85. The number of hydrogen-bond acceptors (Lipinski definition) is 5. The summed E-state index contributed by atoms with van der Waals surface area (Å²) in [7, 11) is 1.89. The second-order valence-corrected chi connectivity index (χ2v) is 6.88. The Hall–Kier alpha value is -1.82. The molecule has 2 aromatic heterocycles. The number of nitrogens with one attached hydrogen (secondary N) is 1. The standard InChI is InChI=1S/C14H21N5S/c1-9(15)12-10(20-13(17-12)14(2,3)4)8-16-11-6-7-19(5)18-11/h6-7H,1,8,15H2,2-5H3,(H,16,18). The first-order valence-corrected chi connectivity index (χ1v) is 7.27. The van der Waals surface area contributed by atoms with Gasteiger partial charge in [0.15, 0.2) is 0 Å². The van der Waals surface area contributed by atoms with Crippen LogP contribution in [0.3, 0.4) is 0 Å². The quantitative estimate of drug-likeness (QED) is 0.909. The third-order valence-electron chi connectivity index (χ3n) is 2.79. The molecule has 5 nitrogen and oxygen atoms in total. The van der Waals surface area contributed by atoms with Gasteiger partial charge in [0.25, 0.3) is 0 Å². The van der Waals surface area contributed by atoms with Crippen molar-refractivity contribution in [2.24, 2.45) is 12.8 Å². The van der Waals surface area contributed by atoms with E-state index in [1.165, 1.54) is 0 Å². The minimum absolute atomic E-state index is 0.0120. The van der Waals surface area contributed by atoms with Gasteiger partial charge in [-0.2, -0.15) is 5.10 Å². The van der Waals surface area contributed by atoms with Crippen LogP contribution in [0.1, 0.15) is 36.3 Å². The van der Waals surface area contributed by atoms with Crippen LogP contribution < -0.4 is 11.1 Å². The first-order valence-electron chi connectivity index (χ1n) is 6.46. The fraction of sp³-hybridized carbons (Fsp3) is 0.429. The van der Waals surface area contributed by atoms with Gasteiger partial charge in [-0.15, -0.1) is 11.3 Å². The van der Waals surface area contributed by atoms with Crippen molar-refractivity contribution in [1.82, 2.24) is 14.8 Å². The highest BCUT2D eigenvalue weighted by atomic mass is 32.1. The van der Waals surface area contributed by atoms with E-state index in [1.54, 1.807) is 16.0 Å². The summed E-state index contributed by atoms with van der Waals surface area (Å²) in [5.41, 5.74) is 7.16. The van der Waals surface area contributed by atoms with Gasteiger partial charge in [-0.25, -0.2) is 4.98 Å². The largest absolute Gasteiger partial charge is 0.397 e. The molecule has 0 atom stereocenters. The normalized spacial score (nSPS) is 11.6. The van der Waals surface area contributed by atoms with Gasteiger partial charge in [0, 0.05) is 24.7 Å². The highest BCUT2D eigenvalue weighted by Crippen LogP contribution is 2.31. The summed E-state index contributed by atoms with van der Waals surface area (Å²) < 4.78 is 1.76.